The Hall–Kier alpha value is -0.0800. The molecular weight excluding hydrogens is 208 g/mol. The molecule has 100 valence electrons. The summed E-state index contributed by atoms with van der Waals surface area (Å²) < 4.78 is 0. The number of piperazine rings is 1. The molecule has 2 aliphatic rings. The predicted molar refractivity (Wildman–Crippen MR) is 74.2 cm³/mol. The molecule has 0 radical (unpaired) electrons. The van der Waals surface area contributed by atoms with E-state index in [0.717, 1.165) is 17.9 Å². The van der Waals surface area contributed by atoms with Crippen LogP contribution in [0.1, 0.15) is 52.9 Å². The second kappa shape index (κ2) is 6.19. The standard InChI is InChI=1S/C15H30N2/c1-12(2)15-11-17(13(3)9-16-15)10-14-7-5-4-6-8-14/h12-16H,4-11H2,1-3H3. The lowest BCUT2D eigenvalue weighted by Gasteiger charge is -2.42. The number of nitrogens with zero attached hydrogens (tertiary/aromatic N) is 1. The highest BCUT2D eigenvalue weighted by atomic mass is 15.2. The molecule has 0 aromatic heterocycles. The Morgan fingerprint density at radius 1 is 1.18 bits per heavy atom. The van der Waals surface area contributed by atoms with Gasteiger partial charge in [0, 0.05) is 31.7 Å². The van der Waals surface area contributed by atoms with Crippen LogP contribution in [-0.2, 0) is 0 Å². The smallest absolute Gasteiger partial charge is 0.0218 e. The summed E-state index contributed by atoms with van der Waals surface area (Å²) in [5.74, 6) is 1.74. The van der Waals surface area contributed by atoms with E-state index in [0.29, 0.717) is 6.04 Å². The van der Waals surface area contributed by atoms with Gasteiger partial charge in [-0.05, 0) is 31.6 Å². The third-order valence-corrected chi connectivity index (χ3v) is 4.75. The summed E-state index contributed by atoms with van der Waals surface area (Å²) in [5, 5.41) is 3.69. The first kappa shape index (κ1) is 13.4. The lowest BCUT2D eigenvalue weighted by molar-refractivity contribution is 0.0955. The van der Waals surface area contributed by atoms with Crippen LogP contribution in [0.25, 0.3) is 0 Å². The third kappa shape index (κ3) is 3.69. The quantitative estimate of drug-likeness (QED) is 0.813. The van der Waals surface area contributed by atoms with Crippen molar-refractivity contribution in [2.45, 2.75) is 65.0 Å². The third-order valence-electron chi connectivity index (χ3n) is 4.75. The Kier molecular flexibility index (Phi) is 4.87. The Labute approximate surface area is 107 Å². The zero-order valence-corrected chi connectivity index (χ0v) is 11.9. The van der Waals surface area contributed by atoms with Gasteiger partial charge in [-0.2, -0.15) is 0 Å². The minimum absolute atomic E-state index is 0.704. The van der Waals surface area contributed by atoms with E-state index in [4.69, 9.17) is 0 Å². The van der Waals surface area contributed by atoms with Gasteiger partial charge in [0.1, 0.15) is 0 Å². The van der Waals surface area contributed by atoms with E-state index in [1.165, 1.54) is 51.7 Å². The lowest BCUT2D eigenvalue weighted by Crippen LogP contribution is -2.58. The molecule has 1 aliphatic heterocycles. The molecule has 0 aromatic carbocycles. The van der Waals surface area contributed by atoms with Crippen LogP contribution < -0.4 is 5.32 Å². The zero-order chi connectivity index (χ0) is 12.3. The Balaban J connectivity index is 1.84. The van der Waals surface area contributed by atoms with Crippen molar-refractivity contribution in [1.29, 1.82) is 0 Å². The van der Waals surface area contributed by atoms with Crippen LogP contribution in [0.5, 0.6) is 0 Å². The number of rotatable bonds is 3. The van der Waals surface area contributed by atoms with Crippen molar-refractivity contribution in [3.05, 3.63) is 0 Å². The van der Waals surface area contributed by atoms with Crippen LogP contribution in [-0.4, -0.2) is 36.6 Å². The van der Waals surface area contributed by atoms with Crippen molar-refractivity contribution in [3.63, 3.8) is 0 Å². The maximum atomic E-state index is 3.69. The Bertz CT molecular complexity index is 221. The van der Waals surface area contributed by atoms with E-state index in [1.54, 1.807) is 0 Å². The molecule has 0 aromatic rings. The molecule has 2 nitrogen and oxygen atoms in total. The predicted octanol–water partition coefficient (Wildman–Crippen LogP) is 2.89. The zero-order valence-electron chi connectivity index (χ0n) is 11.9. The van der Waals surface area contributed by atoms with Gasteiger partial charge in [-0.15, -0.1) is 0 Å². The molecule has 1 saturated heterocycles. The average Bonchev–Trinajstić information content (AvgIpc) is 2.33. The summed E-state index contributed by atoms with van der Waals surface area (Å²) in [5.41, 5.74) is 0. The van der Waals surface area contributed by atoms with Gasteiger partial charge in [-0.25, -0.2) is 0 Å². The normalized spacial score (nSPS) is 33.2. The molecule has 2 unspecified atom stereocenters. The summed E-state index contributed by atoms with van der Waals surface area (Å²) in [4.78, 5) is 2.75. The second-order valence-corrected chi connectivity index (χ2v) is 6.57. The van der Waals surface area contributed by atoms with Crippen LogP contribution in [0.3, 0.4) is 0 Å². The fourth-order valence-corrected chi connectivity index (χ4v) is 3.35. The Morgan fingerprint density at radius 3 is 2.53 bits per heavy atom. The van der Waals surface area contributed by atoms with Crippen molar-refractivity contribution < 1.29 is 0 Å². The molecular formula is C15H30N2. The first-order valence-corrected chi connectivity index (χ1v) is 7.64. The molecule has 2 rings (SSSR count). The minimum atomic E-state index is 0.704. The molecule has 2 heteroatoms. The van der Waals surface area contributed by atoms with Gasteiger partial charge in [0.15, 0.2) is 0 Å². The van der Waals surface area contributed by atoms with E-state index in [-0.39, 0.29) is 0 Å². The summed E-state index contributed by atoms with van der Waals surface area (Å²) in [6.07, 6.45) is 7.37. The van der Waals surface area contributed by atoms with E-state index in [2.05, 4.69) is 31.0 Å². The first-order valence-electron chi connectivity index (χ1n) is 7.64. The molecule has 1 N–H and O–H groups in total. The molecule has 0 bridgehead atoms. The molecule has 2 fully saturated rings. The van der Waals surface area contributed by atoms with Gasteiger partial charge in [0.2, 0.25) is 0 Å². The largest absolute Gasteiger partial charge is 0.311 e. The molecule has 0 spiro atoms. The van der Waals surface area contributed by atoms with Crippen LogP contribution in [0.4, 0.5) is 0 Å². The van der Waals surface area contributed by atoms with Crippen molar-refractivity contribution in [1.82, 2.24) is 10.2 Å². The van der Waals surface area contributed by atoms with Gasteiger partial charge in [-0.1, -0.05) is 33.1 Å². The van der Waals surface area contributed by atoms with E-state index in [9.17, 15) is 0 Å². The fourth-order valence-electron chi connectivity index (χ4n) is 3.35. The first-order chi connectivity index (χ1) is 8.16. The van der Waals surface area contributed by atoms with Crippen LogP contribution in [0.15, 0.2) is 0 Å². The fraction of sp³-hybridized carbons (Fsp3) is 1.00. The highest BCUT2D eigenvalue weighted by molar-refractivity contribution is 4.86. The molecule has 1 aliphatic carbocycles. The lowest BCUT2D eigenvalue weighted by atomic mass is 9.88. The Morgan fingerprint density at radius 2 is 1.88 bits per heavy atom. The van der Waals surface area contributed by atoms with Gasteiger partial charge in [0.05, 0.1) is 0 Å². The van der Waals surface area contributed by atoms with Gasteiger partial charge in [0.25, 0.3) is 0 Å². The van der Waals surface area contributed by atoms with Gasteiger partial charge < -0.3 is 5.32 Å². The van der Waals surface area contributed by atoms with Gasteiger partial charge >= 0.3 is 0 Å². The molecule has 1 saturated carbocycles. The number of hydrogen-bond acceptors (Lipinski definition) is 2. The van der Waals surface area contributed by atoms with Gasteiger partial charge in [-0.3, -0.25) is 4.90 Å². The molecule has 2 atom stereocenters. The van der Waals surface area contributed by atoms with Crippen LogP contribution in [0, 0.1) is 11.8 Å². The number of nitrogens with one attached hydrogen (secondary N) is 1. The van der Waals surface area contributed by atoms with Crippen molar-refractivity contribution in [2.75, 3.05) is 19.6 Å². The van der Waals surface area contributed by atoms with Crippen molar-refractivity contribution >= 4 is 0 Å². The SMILES string of the molecule is CC(C)C1CN(CC2CCCCC2)C(C)CN1. The molecule has 0 amide bonds. The van der Waals surface area contributed by atoms with E-state index in [1.807, 2.05) is 0 Å². The van der Waals surface area contributed by atoms with Crippen molar-refractivity contribution in [3.8, 4) is 0 Å². The van der Waals surface area contributed by atoms with Crippen LogP contribution in [0.2, 0.25) is 0 Å². The monoisotopic (exact) mass is 238 g/mol. The summed E-state index contributed by atoms with van der Waals surface area (Å²) in [6.45, 7) is 10.8. The average molecular weight is 238 g/mol. The summed E-state index contributed by atoms with van der Waals surface area (Å²) >= 11 is 0. The molecule has 17 heavy (non-hydrogen) atoms. The summed E-state index contributed by atoms with van der Waals surface area (Å²) in [6, 6.07) is 1.43. The minimum Gasteiger partial charge on any atom is -0.311 e. The maximum Gasteiger partial charge on any atom is 0.0218 e. The molecule has 1 heterocycles. The highest BCUT2D eigenvalue weighted by Crippen LogP contribution is 2.26. The highest BCUT2D eigenvalue weighted by Gasteiger charge is 2.28. The van der Waals surface area contributed by atoms with Crippen molar-refractivity contribution in [2.24, 2.45) is 11.8 Å². The van der Waals surface area contributed by atoms with Crippen LogP contribution >= 0.6 is 0 Å². The van der Waals surface area contributed by atoms with E-state index >= 15 is 0 Å². The topological polar surface area (TPSA) is 15.3 Å². The second-order valence-electron chi connectivity index (χ2n) is 6.57. The summed E-state index contributed by atoms with van der Waals surface area (Å²) in [7, 11) is 0. The van der Waals surface area contributed by atoms with E-state index < -0.39 is 0 Å². The maximum absolute atomic E-state index is 3.69. The number of hydrogen-bond donors (Lipinski definition) is 1.